The Labute approximate surface area is 135 Å². The summed E-state index contributed by atoms with van der Waals surface area (Å²) < 4.78 is 0. The van der Waals surface area contributed by atoms with Crippen LogP contribution in [0.4, 0.5) is 5.82 Å². The standard InChI is InChI=1S/C17H21N3OS/c21-17(10-14-6-9-22-13-14)19-11-15-4-3-8-20(12-15)16-5-1-2-7-18-16/h1-2,5-7,9,13,15H,3-4,8,10-12H2,(H,19,21). The SMILES string of the molecule is O=C(Cc1ccsc1)NCC1CCCN(c2ccccn2)C1. The summed E-state index contributed by atoms with van der Waals surface area (Å²) in [4.78, 5) is 18.7. The molecule has 0 saturated carbocycles. The molecule has 4 nitrogen and oxygen atoms in total. The fraction of sp³-hybridized carbons (Fsp3) is 0.412. The molecule has 1 amide bonds. The van der Waals surface area contributed by atoms with Crippen LogP contribution in [0.3, 0.4) is 0 Å². The fourth-order valence-electron chi connectivity index (χ4n) is 2.88. The number of carbonyl (C=O) groups excluding carboxylic acids is 1. The molecule has 2 aromatic heterocycles. The molecule has 3 rings (SSSR count). The van der Waals surface area contributed by atoms with Crippen molar-refractivity contribution in [2.24, 2.45) is 5.92 Å². The lowest BCUT2D eigenvalue weighted by atomic mass is 9.98. The topological polar surface area (TPSA) is 45.2 Å². The van der Waals surface area contributed by atoms with Gasteiger partial charge in [0.25, 0.3) is 0 Å². The first kappa shape index (κ1) is 15.0. The van der Waals surface area contributed by atoms with Gasteiger partial charge in [-0.1, -0.05) is 6.07 Å². The van der Waals surface area contributed by atoms with E-state index in [1.54, 1.807) is 11.3 Å². The molecule has 1 unspecified atom stereocenters. The van der Waals surface area contributed by atoms with E-state index in [2.05, 4.69) is 21.3 Å². The van der Waals surface area contributed by atoms with Crippen molar-refractivity contribution in [1.82, 2.24) is 10.3 Å². The largest absolute Gasteiger partial charge is 0.356 e. The predicted molar refractivity (Wildman–Crippen MR) is 90.2 cm³/mol. The maximum atomic E-state index is 12.0. The zero-order valence-electron chi connectivity index (χ0n) is 12.6. The number of anilines is 1. The quantitative estimate of drug-likeness (QED) is 0.923. The summed E-state index contributed by atoms with van der Waals surface area (Å²) in [6.45, 7) is 2.78. The summed E-state index contributed by atoms with van der Waals surface area (Å²) in [5, 5.41) is 7.12. The van der Waals surface area contributed by atoms with E-state index in [-0.39, 0.29) is 5.91 Å². The van der Waals surface area contributed by atoms with Crippen LogP contribution in [0.5, 0.6) is 0 Å². The van der Waals surface area contributed by atoms with Crippen LogP contribution < -0.4 is 10.2 Å². The number of carbonyl (C=O) groups is 1. The zero-order valence-corrected chi connectivity index (χ0v) is 13.4. The Morgan fingerprint density at radius 3 is 3.14 bits per heavy atom. The lowest BCUT2D eigenvalue weighted by molar-refractivity contribution is -0.120. The van der Waals surface area contributed by atoms with Crippen LogP contribution in [-0.2, 0) is 11.2 Å². The van der Waals surface area contributed by atoms with Gasteiger partial charge >= 0.3 is 0 Å². The third kappa shape index (κ3) is 4.07. The number of nitrogens with one attached hydrogen (secondary N) is 1. The molecule has 1 atom stereocenters. The lowest BCUT2D eigenvalue weighted by Gasteiger charge is -2.33. The van der Waals surface area contributed by atoms with Gasteiger partial charge in [-0.25, -0.2) is 4.98 Å². The van der Waals surface area contributed by atoms with Crippen LogP contribution in [0.25, 0.3) is 0 Å². The van der Waals surface area contributed by atoms with Crippen molar-refractivity contribution in [3.8, 4) is 0 Å². The van der Waals surface area contributed by atoms with E-state index in [0.29, 0.717) is 12.3 Å². The van der Waals surface area contributed by atoms with Gasteiger partial charge in [-0.05, 0) is 53.3 Å². The summed E-state index contributed by atoms with van der Waals surface area (Å²) in [5.41, 5.74) is 1.10. The highest BCUT2D eigenvalue weighted by molar-refractivity contribution is 7.07. The maximum Gasteiger partial charge on any atom is 0.224 e. The molecule has 1 N–H and O–H groups in total. The Morgan fingerprint density at radius 2 is 2.36 bits per heavy atom. The second-order valence-corrected chi connectivity index (χ2v) is 6.53. The van der Waals surface area contributed by atoms with Gasteiger partial charge in [-0.3, -0.25) is 4.79 Å². The Morgan fingerprint density at radius 1 is 1.41 bits per heavy atom. The fourth-order valence-corrected chi connectivity index (χ4v) is 3.55. The first-order valence-corrected chi connectivity index (χ1v) is 8.69. The summed E-state index contributed by atoms with van der Waals surface area (Å²) in [5.74, 6) is 1.66. The molecule has 22 heavy (non-hydrogen) atoms. The van der Waals surface area contributed by atoms with Gasteiger partial charge in [0.2, 0.25) is 5.91 Å². The Kier molecular flexibility index (Phi) is 5.06. The molecule has 1 saturated heterocycles. The summed E-state index contributed by atoms with van der Waals surface area (Å²) >= 11 is 1.63. The van der Waals surface area contributed by atoms with Gasteiger partial charge in [0.05, 0.1) is 6.42 Å². The third-order valence-electron chi connectivity index (χ3n) is 4.02. The Hall–Kier alpha value is -1.88. The molecule has 5 heteroatoms. The number of aromatic nitrogens is 1. The molecule has 1 fully saturated rings. The summed E-state index contributed by atoms with van der Waals surface area (Å²) in [6, 6.07) is 8.02. The van der Waals surface area contributed by atoms with Gasteiger partial charge in [0.15, 0.2) is 0 Å². The number of thiophene rings is 1. The second kappa shape index (κ2) is 7.40. The van der Waals surface area contributed by atoms with E-state index >= 15 is 0 Å². The monoisotopic (exact) mass is 315 g/mol. The average molecular weight is 315 g/mol. The van der Waals surface area contributed by atoms with Crippen molar-refractivity contribution in [2.75, 3.05) is 24.5 Å². The molecule has 1 aliphatic heterocycles. The molecular weight excluding hydrogens is 294 g/mol. The van der Waals surface area contributed by atoms with Crippen molar-refractivity contribution in [3.63, 3.8) is 0 Å². The number of nitrogens with zero attached hydrogens (tertiary/aromatic N) is 2. The average Bonchev–Trinajstić information content (AvgIpc) is 3.07. The minimum atomic E-state index is 0.119. The lowest BCUT2D eigenvalue weighted by Crippen LogP contribution is -2.41. The molecule has 0 bridgehead atoms. The first-order chi connectivity index (χ1) is 10.8. The normalized spacial score (nSPS) is 18.2. The molecule has 1 aliphatic rings. The van der Waals surface area contributed by atoms with E-state index in [1.165, 1.54) is 6.42 Å². The van der Waals surface area contributed by atoms with E-state index < -0.39 is 0 Å². The Bertz CT molecular complexity index is 585. The number of pyridine rings is 1. The molecule has 0 radical (unpaired) electrons. The van der Waals surface area contributed by atoms with Crippen molar-refractivity contribution in [3.05, 3.63) is 46.8 Å². The minimum Gasteiger partial charge on any atom is -0.356 e. The maximum absolute atomic E-state index is 12.0. The van der Waals surface area contributed by atoms with Crippen molar-refractivity contribution in [2.45, 2.75) is 19.3 Å². The van der Waals surface area contributed by atoms with Crippen LogP contribution in [0.15, 0.2) is 41.2 Å². The van der Waals surface area contributed by atoms with E-state index in [0.717, 1.165) is 37.4 Å². The zero-order chi connectivity index (χ0) is 15.2. The minimum absolute atomic E-state index is 0.119. The van der Waals surface area contributed by atoms with Gasteiger partial charge in [0.1, 0.15) is 5.82 Å². The molecule has 3 heterocycles. The van der Waals surface area contributed by atoms with Crippen LogP contribution in [0.1, 0.15) is 18.4 Å². The second-order valence-electron chi connectivity index (χ2n) is 5.75. The van der Waals surface area contributed by atoms with Crippen LogP contribution in [-0.4, -0.2) is 30.5 Å². The molecular formula is C17H21N3OS. The van der Waals surface area contributed by atoms with Crippen molar-refractivity contribution >= 4 is 23.1 Å². The van der Waals surface area contributed by atoms with E-state index in [1.807, 2.05) is 35.2 Å². The van der Waals surface area contributed by atoms with E-state index in [4.69, 9.17) is 0 Å². The number of rotatable bonds is 5. The highest BCUT2D eigenvalue weighted by Gasteiger charge is 2.21. The first-order valence-electron chi connectivity index (χ1n) is 7.75. The third-order valence-corrected chi connectivity index (χ3v) is 4.76. The van der Waals surface area contributed by atoms with E-state index in [9.17, 15) is 4.79 Å². The van der Waals surface area contributed by atoms with Gasteiger partial charge in [-0.15, -0.1) is 0 Å². The van der Waals surface area contributed by atoms with Crippen LogP contribution >= 0.6 is 11.3 Å². The number of piperidine rings is 1. The molecule has 2 aromatic rings. The number of amides is 1. The predicted octanol–water partition coefficient (Wildman–Crippen LogP) is 2.72. The Balaban J connectivity index is 1.47. The van der Waals surface area contributed by atoms with Crippen LogP contribution in [0, 0.1) is 5.92 Å². The molecule has 0 aliphatic carbocycles. The van der Waals surface area contributed by atoms with Crippen molar-refractivity contribution in [1.29, 1.82) is 0 Å². The van der Waals surface area contributed by atoms with Crippen LogP contribution in [0.2, 0.25) is 0 Å². The highest BCUT2D eigenvalue weighted by atomic mass is 32.1. The molecule has 116 valence electrons. The van der Waals surface area contributed by atoms with Gasteiger partial charge in [-0.2, -0.15) is 11.3 Å². The highest BCUT2D eigenvalue weighted by Crippen LogP contribution is 2.20. The molecule has 0 spiro atoms. The smallest absolute Gasteiger partial charge is 0.224 e. The van der Waals surface area contributed by atoms with Gasteiger partial charge in [0, 0.05) is 25.8 Å². The van der Waals surface area contributed by atoms with Gasteiger partial charge < -0.3 is 10.2 Å². The number of hydrogen-bond acceptors (Lipinski definition) is 4. The number of hydrogen-bond donors (Lipinski definition) is 1. The summed E-state index contributed by atoms with van der Waals surface area (Å²) in [6.07, 6.45) is 4.64. The summed E-state index contributed by atoms with van der Waals surface area (Å²) in [7, 11) is 0. The molecule has 0 aromatic carbocycles. The van der Waals surface area contributed by atoms with Crippen molar-refractivity contribution < 1.29 is 4.79 Å².